The van der Waals surface area contributed by atoms with Gasteiger partial charge in [0.2, 0.25) is 5.91 Å². The fourth-order valence-corrected chi connectivity index (χ4v) is 2.96. The first-order chi connectivity index (χ1) is 14.3. The van der Waals surface area contributed by atoms with Crippen molar-refractivity contribution in [3.8, 4) is 0 Å². The first kappa shape index (κ1) is 23.9. The molecule has 2 N–H and O–H groups in total. The van der Waals surface area contributed by atoms with Gasteiger partial charge in [-0.05, 0) is 17.5 Å². The molecule has 0 aromatic heterocycles. The molecule has 7 nitrogen and oxygen atoms in total. The highest BCUT2D eigenvalue weighted by atomic mass is 19.4. The average Bonchev–Trinajstić information content (AvgIpc) is 2.71. The first-order valence-electron chi connectivity index (χ1n) is 10.0. The number of piperazine rings is 1. The topological polar surface area (TPSA) is 73.9 Å². The molecule has 30 heavy (non-hydrogen) atoms. The van der Waals surface area contributed by atoms with Crippen molar-refractivity contribution in [2.75, 3.05) is 45.9 Å². The van der Waals surface area contributed by atoms with Crippen LogP contribution in [0.1, 0.15) is 24.5 Å². The number of nitrogens with one attached hydrogen (secondary N) is 2. The van der Waals surface area contributed by atoms with Crippen molar-refractivity contribution < 1.29 is 27.5 Å². The third-order valence-electron chi connectivity index (χ3n) is 4.60. The molecule has 0 atom stereocenters. The molecule has 0 radical (unpaired) electrons. The standard InChI is InChI=1S/C20H29F3N4O3/c1-2-7-24-18(28)13-26-8-10-27(11-9-26)19(29)25-12-16-3-5-17(6-4-16)14-30-15-20(21,22)23/h3-6H,2,7-15H2,1H3,(H,24,28)(H,25,29). The quantitative estimate of drug-likeness (QED) is 0.630. The summed E-state index contributed by atoms with van der Waals surface area (Å²) in [5.41, 5.74) is 1.47. The normalized spacial score (nSPS) is 15.1. The van der Waals surface area contributed by atoms with Crippen LogP contribution >= 0.6 is 0 Å². The number of ether oxygens (including phenoxy) is 1. The molecule has 0 aliphatic carbocycles. The number of amides is 3. The van der Waals surface area contributed by atoms with Crippen LogP contribution in [0, 0.1) is 0 Å². The molecule has 1 heterocycles. The Morgan fingerprint density at radius 1 is 1.03 bits per heavy atom. The number of alkyl halides is 3. The molecule has 3 amide bonds. The third kappa shape index (κ3) is 9.00. The summed E-state index contributed by atoms with van der Waals surface area (Å²) in [6, 6.07) is 6.68. The first-order valence-corrected chi connectivity index (χ1v) is 10.0. The molecular weight excluding hydrogens is 401 g/mol. The van der Waals surface area contributed by atoms with E-state index in [4.69, 9.17) is 0 Å². The van der Waals surface area contributed by atoms with Crippen molar-refractivity contribution in [2.24, 2.45) is 0 Å². The number of hydrogen-bond acceptors (Lipinski definition) is 4. The highest BCUT2D eigenvalue weighted by Gasteiger charge is 2.27. The van der Waals surface area contributed by atoms with E-state index in [-0.39, 0.29) is 18.5 Å². The van der Waals surface area contributed by atoms with E-state index in [9.17, 15) is 22.8 Å². The Morgan fingerprint density at radius 2 is 1.67 bits per heavy atom. The zero-order valence-corrected chi connectivity index (χ0v) is 17.1. The second kappa shape index (κ2) is 11.8. The van der Waals surface area contributed by atoms with Gasteiger partial charge in [0.05, 0.1) is 13.2 Å². The van der Waals surface area contributed by atoms with Crippen LogP contribution in [0.5, 0.6) is 0 Å². The number of carbonyl (C=O) groups is 2. The molecule has 0 unspecified atom stereocenters. The van der Waals surface area contributed by atoms with Gasteiger partial charge in [0.15, 0.2) is 0 Å². The van der Waals surface area contributed by atoms with Crippen molar-refractivity contribution in [2.45, 2.75) is 32.7 Å². The molecule has 1 aliphatic heterocycles. The highest BCUT2D eigenvalue weighted by Crippen LogP contribution is 2.16. The number of benzene rings is 1. The lowest BCUT2D eigenvalue weighted by Crippen LogP contribution is -2.53. The molecule has 0 saturated carbocycles. The van der Waals surface area contributed by atoms with Gasteiger partial charge in [-0.3, -0.25) is 9.69 Å². The summed E-state index contributed by atoms with van der Waals surface area (Å²) < 4.78 is 40.9. The molecule has 1 saturated heterocycles. The van der Waals surface area contributed by atoms with E-state index in [1.807, 2.05) is 11.8 Å². The molecule has 1 aromatic rings. The van der Waals surface area contributed by atoms with E-state index >= 15 is 0 Å². The summed E-state index contributed by atoms with van der Waals surface area (Å²) in [6.07, 6.45) is -3.44. The molecule has 1 fully saturated rings. The van der Waals surface area contributed by atoms with Gasteiger partial charge in [0, 0.05) is 39.3 Å². The summed E-state index contributed by atoms with van der Waals surface area (Å²) in [5.74, 6) is 0.00186. The summed E-state index contributed by atoms with van der Waals surface area (Å²) in [4.78, 5) is 27.8. The Hall–Kier alpha value is -2.33. The molecule has 1 aromatic carbocycles. The number of nitrogens with zero attached hydrogens (tertiary/aromatic N) is 2. The second-order valence-corrected chi connectivity index (χ2v) is 7.20. The van der Waals surface area contributed by atoms with Gasteiger partial charge in [-0.1, -0.05) is 31.2 Å². The Bertz CT molecular complexity index is 675. The SMILES string of the molecule is CCCNC(=O)CN1CCN(C(=O)NCc2ccc(COCC(F)(F)F)cc2)CC1. The fraction of sp³-hybridized carbons (Fsp3) is 0.600. The smallest absolute Gasteiger partial charge is 0.367 e. The highest BCUT2D eigenvalue weighted by molar-refractivity contribution is 5.78. The van der Waals surface area contributed by atoms with Gasteiger partial charge in [0.25, 0.3) is 0 Å². The Kier molecular flexibility index (Phi) is 9.38. The van der Waals surface area contributed by atoms with Gasteiger partial charge < -0.3 is 20.3 Å². The Morgan fingerprint density at radius 3 is 2.27 bits per heavy atom. The van der Waals surface area contributed by atoms with Crippen molar-refractivity contribution in [1.29, 1.82) is 0 Å². The Labute approximate surface area is 174 Å². The van der Waals surface area contributed by atoms with Crippen LogP contribution in [0.2, 0.25) is 0 Å². The number of carbonyl (C=O) groups excluding carboxylic acids is 2. The van der Waals surface area contributed by atoms with E-state index in [2.05, 4.69) is 15.4 Å². The zero-order valence-electron chi connectivity index (χ0n) is 17.1. The fourth-order valence-electron chi connectivity index (χ4n) is 2.96. The largest absolute Gasteiger partial charge is 0.411 e. The summed E-state index contributed by atoms with van der Waals surface area (Å²) in [5, 5.41) is 5.69. The van der Waals surface area contributed by atoms with Crippen LogP contribution in [0.25, 0.3) is 0 Å². The number of hydrogen-bond donors (Lipinski definition) is 2. The van der Waals surface area contributed by atoms with Crippen LogP contribution in [-0.4, -0.2) is 73.8 Å². The summed E-state index contributed by atoms with van der Waals surface area (Å²) in [7, 11) is 0. The molecule has 0 spiro atoms. The zero-order chi connectivity index (χ0) is 22.0. The van der Waals surface area contributed by atoms with Crippen molar-refractivity contribution in [3.63, 3.8) is 0 Å². The number of rotatable bonds is 9. The molecule has 0 bridgehead atoms. The Balaban J connectivity index is 1.66. The lowest BCUT2D eigenvalue weighted by molar-refractivity contribution is -0.176. The maximum absolute atomic E-state index is 12.3. The van der Waals surface area contributed by atoms with Crippen LogP contribution < -0.4 is 10.6 Å². The minimum Gasteiger partial charge on any atom is -0.367 e. The van der Waals surface area contributed by atoms with E-state index in [1.165, 1.54) is 0 Å². The molecule has 1 aliphatic rings. The number of urea groups is 1. The minimum atomic E-state index is -4.34. The van der Waals surface area contributed by atoms with Gasteiger partial charge in [0.1, 0.15) is 6.61 Å². The molecular formula is C20H29F3N4O3. The predicted molar refractivity (Wildman–Crippen MR) is 106 cm³/mol. The lowest BCUT2D eigenvalue weighted by atomic mass is 10.1. The molecule has 168 valence electrons. The van der Waals surface area contributed by atoms with E-state index in [1.54, 1.807) is 29.2 Å². The van der Waals surface area contributed by atoms with Crippen molar-refractivity contribution in [3.05, 3.63) is 35.4 Å². The third-order valence-corrected chi connectivity index (χ3v) is 4.60. The van der Waals surface area contributed by atoms with Crippen LogP contribution in [0.3, 0.4) is 0 Å². The predicted octanol–water partition coefficient (Wildman–Crippen LogP) is 2.12. The second-order valence-electron chi connectivity index (χ2n) is 7.20. The van der Waals surface area contributed by atoms with E-state index in [0.717, 1.165) is 12.0 Å². The molecule has 2 rings (SSSR count). The van der Waals surface area contributed by atoms with Gasteiger partial charge in [-0.15, -0.1) is 0 Å². The molecule has 10 heteroatoms. The van der Waals surface area contributed by atoms with E-state index in [0.29, 0.717) is 51.4 Å². The number of halogens is 3. The van der Waals surface area contributed by atoms with Crippen molar-refractivity contribution in [1.82, 2.24) is 20.4 Å². The average molecular weight is 430 g/mol. The van der Waals surface area contributed by atoms with Crippen LogP contribution in [-0.2, 0) is 22.7 Å². The van der Waals surface area contributed by atoms with Crippen molar-refractivity contribution >= 4 is 11.9 Å². The van der Waals surface area contributed by atoms with E-state index < -0.39 is 12.8 Å². The van der Waals surface area contributed by atoms with Gasteiger partial charge in [-0.25, -0.2) is 4.79 Å². The minimum absolute atomic E-state index is 0.00186. The van der Waals surface area contributed by atoms with Gasteiger partial charge in [-0.2, -0.15) is 13.2 Å². The maximum atomic E-state index is 12.3. The van der Waals surface area contributed by atoms with Crippen LogP contribution in [0.15, 0.2) is 24.3 Å². The van der Waals surface area contributed by atoms with Crippen LogP contribution in [0.4, 0.5) is 18.0 Å². The summed E-state index contributed by atoms with van der Waals surface area (Å²) >= 11 is 0. The summed E-state index contributed by atoms with van der Waals surface area (Å²) in [6.45, 7) is 4.30. The van der Waals surface area contributed by atoms with Gasteiger partial charge >= 0.3 is 12.2 Å². The maximum Gasteiger partial charge on any atom is 0.411 e. The lowest BCUT2D eigenvalue weighted by Gasteiger charge is -2.34. The monoisotopic (exact) mass is 430 g/mol.